The van der Waals surface area contributed by atoms with E-state index in [1.807, 2.05) is 30.5 Å². The number of benzene rings is 2. The molecule has 26 heavy (non-hydrogen) atoms. The normalized spacial score (nSPS) is 21.5. The molecule has 0 radical (unpaired) electrons. The van der Waals surface area contributed by atoms with Crippen LogP contribution in [0.25, 0.3) is 10.9 Å². The van der Waals surface area contributed by atoms with Crippen molar-refractivity contribution in [1.82, 2.24) is 9.88 Å². The molecular weight excluding hydrogens is 323 g/mol. The number of para-hydroxylation sites is 1. The lowest BCUT2D eigenvalue weighted by Crippen LogP contribution is -2.59. The minimum absolute atomic E-state index is 0.0270. The molecule has 0 saturated heterocycles. The summed E-state index contributed by atoms with van der Waals surface area (Å²) in [5.74, 6) is -0.118. The zero-order chi connectivity index (χ0) is 18.7. The van der Waals surface area contributed by atoms with Crippen LogP contribution in [-0.4, -0.2) is 22.5 Å². The second kappa shape index (κ2) is 5.62. The fraction of sp³-hybridized carbons (Fsp3) is 0.348. The number of hydrogen-bond acceptors (Lipinski definition) is 2. The first-order valence-electron chi connectivity index (χ1n) is 9.11. The molecule has 0 fully saturated rings. The summed E-state index contributed by atoms with van der Waals surface area (Å²) in [6.07, 6.45) is 1.94. The second-order valence-electron chi connectivity index (χ2n) is 8.36. The molecule has 1 aliphatic heterocycles. The van der Waals surface area contributed by atoms with E-state index in [-0.39, 0.29) is 22.8 Å². The number of nitrogens with zero attached hydrogens (tertiary/aromatic N) is 2. The van der Waals surface area contributed by atoms with Gasteiger partial charge in [-0.25, -0.2) is 4.39 Å². The molecule has 3 heteroatoms. The van der Waals surface area contributed by atoms with Crippen molar-refractivity contribution >= 4 is 10.9 Å². The Balaban J connectivity index is 1.99. The molecule has 0 saturated carbocycles. The van der Waals surface area contributed by atoms with E-state index in [9.17, 15) is 4.39 Å². The Kier molecular flexibility index (Phi) is 3.71. The van der Waals surface area contributed by atoms with Crippen LogP contribution in [0.3, 0.4) is 0 Å². The van der Waals surface area contributed by atoms with Crippen LogP contribution in [0.2, 0.25) is 0 Å². The first-order valence-corrected chi connectivity index (χ1v) is 9.11. The van der Waals surface area contributed by atoms with Crippen molar-refractivity contribution in [3.63, 3.8) is 0 Å². The van der Waals surface area contributed by atoms with Gasteiger partial charge in [-0.1, -0.05) is 44.2 Å². The minimum Gasteiger partial charge on any atom is -0.289 e. The van der Waals surface area contributed by atoms with Crippen molar-refractivity contribution in [2.75, 3.05) is 7.05 Å². The van der Waals surface area contributed by atoms with E-state index >= 15 is 0 Å². The number of rotatable bonds is 1. The van der Waals surface area contributed by atoms with Gasteiger partial charge in [-0.3, -0.25) is 9.88 Å². The molecule has 1 aliphatic rings. The number of hydrogen-bond donors (Lipinski definition) is 0. The molecule has 1 atom stereocenters. The zero-order valence-corrected chi connectivity index (χ0v) is 16.0. The molecular formula is C23H25FN2. The summed E-state index contributed by atoms with van der Waals surface area (Å²) in [6, 6.07) is 15.7. The van der Waals surface area contributed by atoms with Crippen LogP contribution < -0.4 is 0 Å². The van der Waals surface area contributed by atoms with Crippen LogP contribution in [0.1, 0.15) is 50.4 Å². The fourth-order valence-electron chi connectivity index (χ4n) is 4.35. The van der Waals surface area contributed by atoms with Crippen molar-refractivity contribution in [3.05, 3.63) is 77.2 Å². The molecule has 0 N–H and O–H groups in total. The molecule has 1 aromatic heterocycles. The SMILES string of the molecule is CN1C(c2cnc3ccccc3c2)c2cccc(F)c2C(C)(C)C1(C)C. The summed E-state index contributed by atoms with van der Waals surface area (Å²) in [4.78, 5) is 7.01. The number of fused-ring (bicyclic) bond motifs is 2. The molecule has 0 amide bonds. The highest BCUT2D eigenvalue weighted by Crippen LogP contribution is 2.51. The van der Waals surface area contributed by atoms with Crippen molar-refractivity contribution < 1.29 is 4.39 Å². The third-order valence-electron chi connectivity index (χ3n) is 6.69. The maximum Gasteiger partial charge on any atom is 0.127 e. The number of halogens is 1. The molecule has 2 nitrogen and oxygen atoms in total. The third kappa shape index (κ3) is 2.23. The van der Waals surface area contributed by atoms with Crippen LogP contribution in [0.4, 0.5) is 4.39 Å². The van der Waals surface area contributed by atoms with Gasteiger partial charge in [-0.15, -0.1) is 0 Å². The number of pyridine rings is 1. The van der Waals surface area contributed by atoms with Gasteiger partial charge >= 0.3 is 0 Å². The molecule has 0 spiro atoms. The monoisotopic (exact) mass is 348 g/mol. The van der Waals surface area contributed by atoms with Gasteiger partial charge in [0.25, 0.3) is 0 Å². The van der Waals surface area contributed by atoms with Gasteiger partial charge in [0, 0.05) is 28.1 Å². The van der Waals surface area contributed by atoms with Gasteiger partial charge in [0.15, 0.2) is 0 Å². The average molecular weight is 348 g/mol. The Morgan fingerprint density at radius 3 is 2.50 bits per heavy atom. The van der Waals surface area contributed by atoms with Crippen LogP contribution in [0.15, 0.2) is 54.7 Å². The summed E-state index contributed by atoms with van der Waals surface area (Å²) in [5, 5.41) is 1.11. The Morgan fingerprint density at radius 2 is 1.73 bits per heavy atom. The Labute approximate surface area is 154 Å². The van der Waals surface area contributed by atoms with Gasteiger partial charge in [-0.05, 0) is 50.2 Å². The molecule has 0 aliphatic carbocycles. The average Bonchev–Trinajstić information content (AvgIpc) is 2.60. The van der Waals surface area contributed by atoms with Crippen molar-refractivity contribution in [2.24, 2.45) is 0 Å². The van der Waals surface area contributed by atoms with E-state index in [0.717, 1.165) is 27.6 Å². The maximum absolute atomic E-state index is 14.9. The van der Waals surface area contributed by atoms with E-state index in [0.29, 0.717) is 0 Å². The van der Waals surface area contributed by atoms with E-state index in [4.69, 9.17) is 0 Å². The molecule has 134 valence electrons. The van der Waals surface area contributed by atoms with Crippen molar-refractivity contribution in [3.8, 4) is 0 Å². The molecule has 0 bridgehead atoms. The Hall–Kier alpha value is -2.26. The molecule has 2 aromatic carbocycles. The van der Waals surface area contributed by atoms with Gasteiger partial charge < -0.3 is 0 Å². The van der Waals surface area contributed by atoms with E-state index in [2.05, 4.69) is 62.8 Å². The first kappa shape index (κ1) is 17.2. The second-order valence-corrected chi connectivity index (χ2v) is 8.36. The van der Waals surface area contributed by atoms with Crippen LogP contribution >= 0.6 is 0 Å². The zero-order valence-electron chi connectivity index (χ0n) is 16.0. The van der Waals surface area contributed by atoms with Crippen molar-refractivity contribution in [1.29, 1.82) is 0 Å². The maximum atomic E-state index is 14.9. The summed E-state index contributed by atoms with van der Waals surface area (Å²) < 4.78 is 14.9. The molecule has 3 aromatic rings. The topological polar surface area (TPSA) is 16.1 Å². The third-order valence-corrected chi connectivity index (χ3v) is 6.69. The lowest BCUT2D eigenvalue weighted by molar-refractivity contribution is 0.0333. The van der Waals surface area contributed by atoms with Gasteiger partial charge in [-0.2, -0.15) is 0 Å². The molecule has 1 unspecified atom stereocenters. The summed E-state index contributed by atoms with van der Waals surface area (Å²) in [7, 11) is 2.13. The fourth-order valence-corrected chi connectivity index (χ4v) is 4.35. The highest BCUT2D eigenvalue weighted by molar-refractivity contribution is 5.79. The predicted molar refractivity (Wildman–Crippen MR) is 105 cm³/mol. The summed E-state index contributed by atoms with van der Waals surface area (Å²) in [6.45, 7) is 8.67. The lowest BCUT2D eigenvalue weighted by atomic mass is 9.62. The van der Waals surface area contributed by atoms with Gasteiger partial charge in [0.2, 0.25) is 0 Å². The standard InChI is InChI=1S/C23H25FN2/c1-22(2)20-17(10-8-11-18(20)24)21(26(5)23(22,3)4)16-13-15-9-6-7-12-19(15)25-14-16/h6-14,21H,1-5H3. The van der Waals surface area contributed by atoms with Crippen LogP contribution in [0.5, 0.6) is 0 Å². The first-order chi connectivity index (χ1) is 12.2. The van der Waals surface area contributed by atoms with Gasteiger partial charge in [0.1, 0.15) is 5.82 Å². The van der Waals surface area contributed by atoms with Gasteiger partial charge in [0.05, 0.1) is 11.6 Å². The number of aromatic nitrogens is 1. The smallest absolute Gasteiger partial charge is 0.127 e. The minimum atomic E-state index is -0.316. The Morgan fingerprint density at radius 1 is 1.00 bits per heavy atom. The molecule has 4 rings (SSSR count). The van der Waals surface area contributed by atoms with Crippen LogP contribution in [-0.2, 0) is 5.41 Å². The van der Waals surface area contributed by atoms with E-state index < -0.39 is 0 Å². The highest BCUT2D eigenvalue weighted by atomic mass is 19.1. The Bertz CT molecular complexity index is 990. The largest absolute Gasteiger partial charge is 0.289 e. The summed E-state index contributed by atoms with van der Waals surface area (Å²) >= 11 is 0. The predicted octanol–water partition coefficient (Wildman–Crippen LogP) is 5.46. The highest BCUT2D eigenvalue weighted by Gasteiger charge is 2.51. The molecule has 2 heterocycles. The summed E-state index contributed by atoms with van der Waals surface area (Å²) in [5.41, 5.74) is 3.40. The quantitative estimate of drug-likeness (QED) is 0.580. The van der Waals surface area contributed by atoms with Crippen LogP contribution in [0, 0.1) is 5.82 Å². The lowest BCUT2D eigenvalue weighted by Gasteiger charge is -2.56. The van der Waals surface area contributed by atoms with E-state index in [1.54, 1.807) is 6.07 Å². The van der Waals surface area contributed by atoms with E-state index in [1.165, 1.54) is 0 Å². The van der Waals surface area contributed by atoms with Crippen molar-refractivity contribution in [2.45, 2.75) is 44.7 Å². The number of likely N-dealkylation sites (N-methyl/N-ethyl adjacent to an activating group) is 1.